The van der Waals surface area contributed by atoms with Gasteiger partial charge in [0.2, 0.25) is 11.8 Å². The first-order chi connectivity index (χ1) is 38.3. The molecule has 3 aliphatic rings. The van der Waals surface area contributed by atoms with Crippen molar-refractivity contribution < 1.29 is 80.8 Å². The summed E-state index contributed by atoms with van der Waals surface area (Å²) in [4.78, 5) is 49.3. The van der Waals surface area contributed by atoms with Crippen molar-refractivity contribution in [2.45, 2.75) is 113 Å². The minimum absolute atomic E-state index is 0.0337. The molecule has 3 saturated heterocycles. The first-order valence-corrected chi connectivity index (χ1v) is 31.7. The van der Waals surface area contributed by atoms with Crippen LogP contribution in [0.15, 0.2) is 12.7 Å². The number of nitrogens with one attached hydrogen (secondary N) is 4. The van der Waals surface area contributed by atoms with E-state index >= 15 is 0 Å². The molecule has 26 nitrogen and oxygen atoms in total. The maximum Gasteiger partial charge on any atom is 0.315 e. The maximum absolute atomic E-state index is 12.9. The minimum atomic E-state index is -2.37. The van der Waals surface area contributed by atoms with Crippen LogP contribution in [0.5, 0.6) is 0 Å². The lowest BCUT2D eigenvalue weighted by atomic mass is 10.0. The number of unbranched alkanes of at least 4 members (excludes halogenated alkanes) is 1. The van der Waals surface area contributed by atoms with Gasteiger partial charge in [0, 0.05) is 37.1 Å². The summed E-state index contributed by atoms with van der Waals surface area (Å²) in [7, 11) is -2.37. The molecule has 3 fully saturated rings. The van der Waals surface area contributed by atoms with Gasteiger partial charge in [-0.05, 0) is 37.4 Å². The molecule has 452 valence electrons. The number of hydrogen-bond acceptors (Lipinski definition) is 22. The van der Waals surface area contributed by atoms with Crippen molar-refractivity contribution in [1.29, 1.82) is 0 Å². The van der Waals surface area contributed by atoms with E-state index < -0.39 is 32.9 Å². The standard InChI is InChI=1S/C51H91N9O17SSi/c1-51(2,3)79(4,5)77-45-39(33-61)76-49(60-37-57-44-47(52)55-36-56-48(44)60)46(45)75-34-42(63)53-11-8-13-65-15-17-67-19-21-69-23-25-71-27-29-73-31-32-74-30-28-72-26-24-70-22-20-68-18-16-66-14-12-54-41(62)10-7-6-9-40-43-38(35-78-40)58-50(64)59-43/h36-40,43,45-46,49,61H,6-35H2,1-5H3,(H,53,63)(H,54,62)(H2,52,55,56)(H2,58,59,64)/t38-,39+,40-,43-,45+,46?,49+/m0/s1. The number of nitrogens with two attached hydrogens (primary N) is 1. The van der Waals surface area contributed by atoms with Crippen LogP contribution in [0, 0.1) is 0 Å². The Morgan fingerprint density at radius 3 is 1.80 bits per heavy atom. The monoisotopic (exact) mass is 1160 g/mol. The number of carbonyl (C=O) groups excluding carboxylic acids is 3. The highest BCUT2D eigenvalue weighted by Crippen LogP contribution is 2.43. The van der Waals surface area contributed by atoms with Gasteiger partial charge in [-0.1, -0.05) is 27.2 Å². The number of thioether (sulfide) groups is 1. The smallest absolute Gasteiger partial charge is 0.315 e. The van der Waals surface area contributed by atoms with E-state index in [1.165, 1.54) is 12.7 Å². The number of nitrogen functional groups attached to an aromatic ring is 1. The van der Waals surface area contributed by atoms with Crippen LogP contribution in [-0.4, -0.2) is 251 Å². The second-order valence-corrected chi connectivity index (χ2v) is 26.5. The number of hydrogen-bond donors (Lipinski definition) is 6. The molecule has 7 atom stereocenters. The van der Waals surface area contributed by atoms with Gasteiger partial charge in [-0.3, -0.25) is 14.2 Å². The maximum atomic E-state index is 12.9. The normalized spacial score (nSPS) is 21.2. The Labute approximate surface area is 470 Å². The molecular formula is C51H91N9O17SSi. The lowest BCUT2D eigenvalue weighted by Gasteiger charge is -2.40. The molecule has 28 heteroatoms. The number of fused-ring (bicyclic) bond motifs is 2. The Hall–Kier alpha value is -3.43. The van der Waals surface area contributed by atoms with Crippen molar-refractivity contribution in [3.63, 3.8) is 0 Å². The van der Waals surface area contributed by atoms with Gasteiger partial charge in [0.05, 0.1) is 151 Å². The molecule has 7 N–H and O–H groups in total. The van der Waals surface area contributed by atoms with Crippen molar-refractivity contribution in [3.8, 4) is 0 Å². The minimum Gasteiger partial charge on any atom is -0.408 e. The number of aliphatic hydroxyl groups is 1. The van der Waals surface area contributed by atoms with E-state index in [0.717, 1.165) is 25.0 Å². The predicted molar refractivity (Wildman–Crippen MR) is 295 cm³/mol. The summed E-state index contributed by atoms with van der Waals surface area (Å²) in [6, 6.07) is 0.379. The Morgan fingerprint density at radius 2 is 1.25 bits per heavy atom. The number of anilines is 1. The molecule has 3 aliphatic heterocycles. The van der Waals surface area contributed by atoms with Crippen molar-refractivity contribution in [3.05, 3.63) is 12.7 Å². The molecule has 4 amide bonds. The summed E-state index contributed by atoms with van der Waals surface area (Å²) >= 11 is 1.90. The molecule has 0 aliphatic carbocycles. The van der Waals surface area contributed by atoms with Crippen LogP contribution < -0.4 is 27.0 Å². The van der Waals surface area contributed by atoms with Crippen molar-refractivity contribution in [2.75, 3.05) is 170 Å². The fourth-order valence-corrected chi connectivity index (χ4v) is 11.2. The molecule has 5 heterocycles. The molecule has 0 bridgehead atoms. The lowest BCUT2D eigenvalue weighted by Crippen LogP contribution is -2.50. The molecular weight excluding hydrogens is 1070 g/mol. The number of nitrogens with zero attached hydrogens (tertiary/aromatic N) is 4. The van der Waals surface area contributed by atoms with E-state index in [0.29, 0.717) is 174 Å². The zero-order chi connectivity index (χ0) is 56.6. The van der Waals surface area contributed by atoms with Crippen molar-refractivity contribution in [1.82, 2.24) is 40.8 Å². The summed E-state index contributed by atoms with van der Waals surface area (Å²) in [5.41, 5.74) is 6.89. The topological polar surface area (TPSA) is 309 Å². The Bertz CT molecular complexity index is 2010. The average molecular weight is 1160 g/mol. The van der Waals surface area contributed by atoms with E-state index in [-0.39, 0.29) is 54.0 Å². The molecule has 1 unspecified atom stereocenters. The number of carbonyl (C=O) groups is 3. The van der Waals surface area contributed by atoms with Crippen molar-refractivity contribution >= 4 is 54.9 Å². The highest BCUT2D eigenvalue weighted by atomic mass is 32.2. The second kappa shape index (κ2) is 37.6. The lowest BCUT2D eigenvalue weighted by molar-refractivity contribution is -0.132. The first-order valence-electron chi connectivity index (χ1n) is 27.8. The van der Waals surface area contributed by atoms with E-state index in [2.05, 4.69) is 70.1 Å². The van der Waals surface area contributed by atoms with Crippen LogP contribution in [0.25, 0.3) is 11.2 Å². The van der Waals surface area contributed by atoms with Gasteiger partial charge in [-0.2, -0.15) is 11.8 Å². The fraction of sp³-hybridized carbons (Fsp3) is 0.843. The van der Waals surface area contributed by atoms with E-state index in [4.69, 9.17) is 67.0 Å². The van der Waals surface area contributed by atoms with Gasteiger partial charge < -0.3 is 93.4 Å². The van der Waals surface area contributed by atoms with Gasteiger partial charge in [0.15, 0.2) is 26.0 Å². The van der Waals surface area contributed by atoms with Gasteiger partial charge >= 0.3 is 6.03 Å². The molecule has 0 radical (unpaired) electrons. The zero-order valence-corrected chi connectivity index (χ0v) is 49.0. The fourth-order valence-electron chi connectivity index (χ4n) is 8.30. The van der Waals surface area contributed by atoms with Crippen LogP contribution in [0.4, 0.5) is 10.6 Å². The van der Waals surface area contributed by atoms with Crippen molar-refractivity contribution in [2.24, 2.45) is 0 Å². The molecule has 2 aromatic heterocycles. The van der Waals surface area contributed by atoms with Crippen LogP contribution >= 0.6 is 11.8 Å². The third-order valence-electron chi connectivity index (χ3n) is 13.6. The van der Waals surface area contributed by atoms with E-state index in [9.17, 15) is 19.5 Å². The number of urea groups is 1. The van der Waals surface area contributed by atoms with Crippen LogP contribution in [0.3, 0.4) is 0 Å². The molecule has 2 aromatic rings. The molecule has 79 heavy (non-hydrogen) atoms. The SMILES string of the molecule is CC(C)(C)[Si](C)(C)O[C@H]1C(OCC(=O)NCCCOCCOCCOCCOCCOCCOCCOCCOCCOCCOCCNC(=O)CCCC[C@@H]2SC[C@@H]3NC(=O)N[C@@H]32)[C@H](n2cnc3c(N)ncnc32)O[C@@H]1CO. The summed E-state index contributed by atoms with van der Waals surface area (Å²) in [5.74, 6) is 0.894. The van der Waals surface area contributed by atoms with Crippen LogP contribution in [0.2, 0.25) is 18.1 Å². The third-order valence-corrected chi connectivity index (χ3v) is 19.5. The highest BCUT2D eigenvalue weighted by Gasteiger charge is 2.52. The number of imidazole rings is 1. The number of aliphatic hydroxyl groups excluding tert-OH is 1. The molecule has 0 aromatic carbocycles. The molecule has 5 rings (SSSR count). The van der Waals surface area contributed by atoms with Gasteiger partial charge in [0.25, 0.3) is 0 Å². The summed E-state index contributed by atoms with van der Waals surface area (Å²) < 4.78 is 76.5. The largest absolute Gasteiger partial charge is 0.408 e. The number of amides is 4. The molecule has 0 saturated carbocycles. The van der Waals surface area contributed by atoms with E-state index in [1.54, 1.807) is 4.57 Å². The molecule has 0 spiro atoms. The Morgan fingerprint density at radius 1 is 0.722 bits per heavy atom. The van der Waals surface area contributed by atoms with Gasteiger partial charge in [0.1, 0.15) is 36.8 Å². The third kappa shape index (κ3) is 24.5. The van der Waals surface area contributed by atoms with Gasteiger partial charge in [-0.15, -0.1) is 0 Å². The first kappa shape index (κ1) is 66.4. The van der Waals surface area contributed by atoms with Gasteiger partial charge in [-0.25, -0.2) is 19.7 Å². The second-order valence-electron chi connectivity index (χ2n) is 20.5. The van der Waals surface area contributed by atoms with Crippen LogP contribution in [0.1, 0.15) is 59.1 Å². The predicted octanol–water partition coefficient (Wildman–Crippen LogP) is 1.59. The number of rotatable bonds is 46. The average Bonchev–Trinajstić information content (AvgIpc) is 4.25. The summed E-state index contributed by atoms with van der Waals surface area (Å²) in [6.07, 6.45) is 3.82. The van der Waals surface area contributed by atoms with Crippen LogP contribution in [-0.2, 0) is 70.9 Å². The summed E-state index contributed by atoms with van der Waals surface area (Å²) in [5, 5.41) is 22.4. The highest BCUT2D eigenvalue weighted by molar-refractivity contribution is 8.00. The quantitative estimate of drug-likeness (QED) is 0.0312. The van der Waals surface area contributed by atoms with E-state index in [1.807, 2.05) is 11.8 Å². The number of ether oxygens (including phenoxy) is 12. The summed E-state index contributed by atoms with van der Waals surface area (Å²) in [6.45, 7) is 19.9. The Balaban J connectivity index is 0.716. The zero-order valence-electron chi connectivity index (χ0n) is 47.2. The Kier molecular flexibility index (Phi) is 31.6. The number of aromatic nitrogens is 4.